The van der Waals surface area contributed by atoms with Gasteiger partial charge in [-0.25, -0.2) is 9.59 Å². The normalized spacial score (nSPS) is 8.32. The minimum Gasteiger partial charge on any atom is -0.465 e. The van der Waals surface area contributed by atoms with Crippen LogP contribution in [0, 0.1) is 23.7 Å². The lowest BCUT2D eigenvalue weighted by Crippen LogP contribution is -2.00. The van der Waals surface area contributed by atoms with Crippen molar-refractivity contribution in [3.8, 4) is 23.7 Å². The van der Waals surface area contributed by atoms with E-state index in [4.69, 9.17) is 0 Å². The SMILES string of the molecule is CCOC(=O)C#CC#Cc1ccc(C(=O)OC)cc1. The third-order valence-electron chi connectivity index (χ3n) is 2.02. The van der Waals surface area contributed by atoms with Crippen molar-refractivity contribution < 1.29 is 19.1 Å². The molecule has 0 aliphatic carbocycles. The van der Waals surface area contributed by atoms with Crippen LogP contribution in [0.5, 0.6) is 0 Å². The van der Waals surface area contributed by atoms with Crippen molar-refractivity contribution in [2.75, 3.05) is 13.7 Å². The molecule has 0 saturated heterocycles. The van der Waals surface area contributed by atoms with Gasteiger partial charge in [-0.05, 0) is 43.0 Å². The summed E-state index contributed by atoms with van der Waals surface area (Å²) in [6, 6.07) is 6.56. The van der Waals surface area contributed by atoms with E-state index in [2.05, 4.69) is 33.2 Å². The van der Waals surface area contributed by atoms with Crippen LogP contribution >= 0.6 is 0 Å². The van der Waals surface area contributed by atoms with E-state index in [9.17, 15) is 9.59 Å². The highest BCUT2D eigenvalue weighted by Gasteiger charge is 2.02. The largest absolute Gasteiger partial charge is 0.465 e. The molecule has 0 saturated carbocycles. The van der Waals surface area contributed by atoms with Crippen molar-refractivity contribution in [2.45, 2.75) is 6.92 Å². The van der Waals surface area contributed by atoms with Crippen molar-refractivity contribution in [1.82, 2.24) is 0 Å². The maximum absolute atomic E-state index is 11.2. The first-order valence-corrected chi connectivity index (χ1v) is 5.54. The molecule has 4 nitrogen and oxygen atoms in total. The Morgan fingerprint density at radius 2 is 1.84 bits per heavy atom. The number of esters is 2. The first-order valence-electron chi connectivity index (χ1n) is 5.54. The van der Waals surface area contributed by atoms with Gasteiger partial charge in [0.2, 0.25) is 0 Å². The lowest BCUT2D eigenvalue weighted by molar-refractivity contribution is -0.136. The molecule has 1 aromatic carbocycles. The topological polar surface area (TPSA) is 52.6 Å². The molecule has 0 heterocycles. The molecule has 0 aromatic heterocycles. The Labute approximate surface area is 111 Å². The predicted octanol–water partition coefficient (Wildman–Crippen LogP) is 1.39. The second kappa shape index (κ2) is 7.58. The molecule has 1 rings (SSSR count). The van der Waals surface area contributed by atoms with Gasteiger partial charge < -0.3 is 9.47 Å². The molecule has 0 radical (unpaired) electrons. The summed E-state index contributed by atoms with van der Waals surface area (Å²) >= 11 is 0. The first-order chi connectivity index (χ1) is 9.17. The van der Waals surface area contributed by atoms with Crippen LogP contribution in [0.25, 0.3) is 0 Å². The van der Waals surface area contributed by atoms with Crippen LogP contribution in [-0.4, -0.2) is 25.7 Å². The number of carbonyl (C=O) groups excluding carboxylic acids is 2. The second-order valence-corrected chi connectivity index (χ2v) is 3.29. The molecular weight excluding hydrogens is 244 g/mol. The minimum absolute atomic E-state index is 0.288. The van der Waals surface area contributed by atoms with E-state index < -0.39 is 11.9 Å². The van der Waals surface area contributed by atoms with Gasteiger partial charge in [-0.2, -0.15) is 0 Å². The molecule has 0 unspecified atom stereocenters. The summed E-state index contributed by atoms with van der Waals surface area (Å²) in [5.74, 6) is 8.89. The van der Waals surface area contributed by atoms with E-state index >= 15 is 0 Å². The Balaban J connectivity index is 2.69. The summed E-state index contributed by atoms with van der Waals surface area (Å²) in [7, 11) is 1.32. The van der Waals surface area contributed by atoms with Gasteiger partial charge in [-0.3, -0.25) is 0 Å². The number of hydrogen-bond acceptors (Lipinski definition) is 4. The smallest absolute Gasteiger partial charge is 0.385 e. The lowest BCUT2D eigenvalue weighted by Gasteiger charge is -1.97. The van der Waals surface area contributed by atoms with E-state index in [1.54, 1.807) is 31.2 Å². The Morgan fingerprint density at radius 3 is 2.42 bits per heavy atom. The highest BCUT2D eigenvalue weighted by Crippen LogP contribution is 2.04. The molecule has 19 heavy (non-hydrogen) atoms. The average molecular weight is 256 g/mol. The number of methoxy groups -OCH3 is 1. The fourth-order valence-corrected chi connectivity index (χ4v) is 1.16. The Bertz CT molecular complexity index is 577. The van der Waals surface area contributed by atoms with Crippen LogP contribution in [0.1, 0.15) is 22.8 Å². The first kappa shape index (κ1) is 14.3. The average Bonchev–Trinajstić information content (AvgIpc) is 2.44. The van der Waals surface area contributed by atoms with Crippen molar-refractivity contribution in [2.24, 2.45) is 0 Å². The van der Waals surface area contributed by atoms with Gasteiger partial charge in [0.1, 0.15) is 0 Å². The number of rotatable bonds is 2. The third-order valence-corrected chi connectivity index (χ3v) is 2.02. The van der Waals surface area contributed by atoms with E-state index in [-0.39, 0.29) is 6.61 Å². The molecule has 0 aliphatic rings. The lowest BCUT2D eigenvalue weighted by atomic mass is 10.1. The number of ether oxygens (including phenoxy) is 2. The number of carbonyl (C=O) groups is 2. The van der Waals surface area contributed by atoms with Crippen LogP contribution in [0.4, 0.5) is 0 Å². The minimum atomic E-state index is -0.599. The van der Waals surface area contributed by atoms with Crippen LogP contribution in [0.3, 0.4) is 0 Å². The number of hydrogen-bond donors (Lipinski definition) is 0. The van der Waals surface area contributed by atoms with Crippen molar-refractivity contribution in [1.29, 1.82) is 0 Å². The fourth-order valence-electron chi connectivity index (χ4n) is 1.16. The summed E-state index contributed by atoms with van der Waals surface area (Å²) in [5.41, 5.74) is 1.14. The van der Waals surface area contributed by atoms with E-state index in [1.165, 1.54) is 7.11 Å². The van der Waals surface area contributed by atoms with Crippen molar-refractivity contribution in [3.05, 3.63) is 35.4 Å². The molecule has 0 amide bonds. The molecule has 1 aromatic rings. The highest BCUT2D eigenvalue weighted by molar-refractivity contribution is 5.89. The summed E-state index contributed by atoms with van der Waals surface area (Å²) in [5, 5.41) is 0. The summed E-state index contributed by atoms with van der Waals surface area (Å²) in [4.78, 5) is 22.1. The van der Waals surface area contributed by atoms with Gasteiger partial charge in [0.25, 0.3) is 0 Å². The maximum atomic E-state index is 11.2. The van der Waals surface area contributed by atoms with Crippen LogP contribution < -0.4 is 0 Å². The maximum Gasteiger partial charge on any atom is 0.385 e. The van der Waals surface area contributed by atoms with Crippen LogP contribution in [0.15, 0.2) is 24.3 Å². The zero-order valence-corrected chi connectivity index (χ0v) is 10.6. The molecule has 0 fully saturated rings. The zero-order chi connectivity index (χ0) is 14.1. The molecule has 0 aliphatic heterocycles. The molecule has 96 valence electrons. The summed E-state index contributed by atoms with van der Waals surface area (Å²) in [6.45, 7) is 1.99. The summed E-state index contributed by atoms with van der Waals surface area (Å²) in [6.07, 6.45) is 0. The van der Waals surface area contributed by atoms with Gasteiger partial charge in [-0.15, -0.1) is 0 Å². The Morgan fingerprint density at radius 1 is 1.16 bits per heavy atom. The molecule has 0 atom stereocenters. The molecule has 0 N–H and O–H groups in total. The van der Waals surface area contributed by atoms with Gasteiger partial charge in [0, 0.05) is 11.5 Å². The van der Waals surface area contributed by atoms with Crippen LogP contribution in [0.2, 0.25) is 0 Å². The van der Waals surface area contributed by atoms with Gasteiger partial charge in [0.05, 0.1) is 19.3 Å². The van der Waals surface area contributed by atoms with E-state index in [1.807, 2.05) is 0 Å². The second-order valence-electron chi connectivity index (χ2n) is 3.29. The van der Waals surface area contributed by atoms with Crippen LogP contribution in [-0.2, 0) is 14.3 Å². The zero-order valence-electron chi connectivity index (χ0n) is 10.6. The monoisotopic (exact) mass is 256 g/mol. The van der Waals surface area contributed by atoms with E-state index in [0.29, 0.717) is 11.1 Å². The van der Waals surface area contributed by atoms with Gasteiger partial charge >= 0.3 is 11.9 Å². The van der Waals surface area contributed by atoms with E-state index in [0.717, 1.165) is 0 Å². The third kappa shape index (κ3) is 4.97. The molecule has 4 heteroatoms. The van der Waals surface area contributed by atoms with Gasteiger partial charge in [0.15, 0.2) is 0 Å². The highest BCUT2D eigenvalue weighted by atomic mass is 16.5. The quantitative estimate of drug-likeness (QED) is 0.456. The standard InChI is InChI=1S/C15H12O4/c1-3-19-14(16)7-5-4-6-12-8-10-13(11-9-12)15(17)18-2/h8-11H,3H2,1-2H3. The van der Waals surface area contributed by atoms with Crippen molar-refractivity contribution >= 4 is 11.9 Å². The van der Waals surface area contributed by atoms with Crippen molar-refractivity contribution in [3.63, 3.8) is 0 Å². The fraction of sp³-hybridized carbons (Fsp3) is 0.200. The Kier molecular flexibility index (Phi) is 5.72. The molecule has 0 spiro atoms. The van der Waals surface area contributed by atoms with Gasteiger partial charge in [-0.1, -0.05) is 5.92 Å². The summed E-state index contributed by atoms with van der Waals surface area (Å²) < 4.78 is 9.19. The molecule has 0 bridgehead atoms. The molecular formula is C15H12O4. The Hall–Kier alpha value is -2.72. The predicted molar refractivity (Wildman–Crippen MR) is 69.1 cm³/mol. The number of benzene rings is 1.